The van der Waals surface area contributed by atoms with Crippen molar-refractivity contribution in [2.24, 2.45) is 16.1 Å². The Kier molecular flexibility index (Phi) is 13.2. The van der Waals surface area contributed by atoms with Crippen LogP contribution in [0.1, 0.15) is 92.9 Å². The molecule has 3 aromatic rings. The number of nitriles is 1. The molecule has 2 aromatic carbocycles. The number of amides is 1. The minimum absolute atomic E-state index is 0.110. The molecule has 0 fully saturated rings. The molecule has 1 aromatic heterocycles. The van der Waals surface area contributed by atoms with Gasteiger partial charge in [-0.1, -0.05) is 75.6 Å². The third kappa shape index (κ3) is 9.41. The first-order valence-corrected chi connectivity index (χ1v) is 16.1. The van der Waals surface area contributed by atoms with Crippen LogP contribution in [0.4, 0.5) is 16.2 Å². The number of alkyl carbamates (subject to hydrolysis) is 1. The number of benzene rings is 2. The molecule has 0 saturated heterocycles. The molecule has 11 heteroatoms. The summed E-state index contributed by atoms with van der Waals surface area (Å²) in [6.45, 7) is 14.9. The highest BCUT2D eigenvalue weighted by Gasteiger charge is 2.25. The van der Waals surface area contributed by atoms with Crippen molar-refractivity contribution in [3.05, 3.63) is 93.3 Å². The minimum atomic E-state index is -0.789. The van der Waals surface area contributed by atoms with E-state index in [9.17, 15) is 24.8 Å². The second kappa shape index (κ2) is 17.1. The van der Waals surface area contributed by atoms with E-state index in [1.807, 2.05) is 51.1 Å². The summed E-state index contributed by atoms with van der Waals surface area (Å²) in [6, 6.07) is 16.0. The summed E-state index contributed by atoms with van der Waals surface area (Å²) in [6.07, 6.45) is 3.23. The molecule has 0 saturated carbocycles. The second-order valence-corrected chi connectivity index (χ2v) is 12.2. The molecule has 3 rings (SSSR count). The maximum atomic E-state index is 13.5. The van der Waals surface area contributed by atoms with E-state index in [1.165, 1.54) is 6.92 Å². The Morgan fingerprint density at radius 2 is 1.85 bits per heavy atom. The number of hydrogen-bond acceptors (Lipinski definition) is 9. The molecule has 1 atom stereocenters. The number of rotatable bonds is 15. The third-order valence-electron chi connectivity index (χ3n) is 8.18. The summed E-state index contributed by atoms with van der Waals surface area (Å²) in [5.74, 6) is -0.887. The van der Waals surface area contributed by atoms with Crippen molar-refractivity contribution in [1.82, 2.24) is 9.88 Å². The number of carbonyl (C=O) groups is 2. The number of esters is 1. The molecule has 1 unspecified atom stereocenters. The van der Waals surface area contributed by atoms with E-state index in [1.54, 1.807) is 24.3 Å². The number of pyridine rings is 1. The first kappa shape index (κ1) is 37.2. The van der Waals surface area contributed by atoms with Crippen LogP contribution in [-0.4, -0.2) is 34.9 Å². The molecule has 0 aliphatic carbocycles. The fourth-order valence-electron chi connectivity index (χ4n) is 5.04. The van der Waals surface area contributed by atoms with Gasteiger partial charge in [0.05, 0.1) is 24.3 Å². The molecule has 254 valence electrons. The van der Waals surface area contributed by atoms with Crippen LogP contribution in [0.5, 0.6) is 5.88 Å². The van der Waals surface area contributed by atoms with Crippen molar-refractivity contribution in [2.75, 3.05) is 13.2 Å². The summed E-state index contributed by atoms with van der Waals surface area (Å²) < 4.78 is 11.8. The predicted molar refractivity (Wildman–Crippen MR) is 185 cm³/mol. The van der Waals surface area contributed by atoms with Crippen LogP contribution in [0.3, 0.4) is 0 Å². The zero-order chi connectivity index (χ0) is 35.4. The van der Waals surface area contributed by atoms with Gasteiger partial charge in [0.15, 0.2) is 5.69 Å². The summed E-state index contributed by atoms with van der Waals surface area (Å²) in [7, 11) is 0. The standard InChI is InChI=1S/C37H45N5O6/c1-8-10-14-26(9-2)23-48-35(45)29-17-11-12-18-31(29)40-41-32-25(5)30(22-38)33(43)42(34(32)44)19-20-47-36(46)39-37(6,7)28-16-13-15-27(21-28)24(3)4/h11-13,15-18,21,26,43H,3,8-10,14,19-20,23H2,1-2,4-7H3,(H,39,46). The van der Waals surface area contributed by atoms with Gasteiger partial charge >= 0.3 is 12.1 Å². The topological polar surface area (TPSA) is 155 Å². The Bertz CT molecular complexity index is 1770. The summed E-state index contributed by atoms with van der Waals surface area (Å²) in [5.41, 5.74) is 1.20. The Balaban J connectivity index is 1.79. The highest BCUT2D eigenvalue weighted by Crippen LogP contribution is 2.29. The van der Waals surface area contributed by atoms with Crippen LogP contribution in [0.2, 0.25) is 0 Å². The van der Waals surface area contributed by atoms with Gasteiger partial charge in [-0.05, 0) is 69.4 Å². The molecule has 1 amide bonds. The summed E-state index contributed by atoms with van der Waals surface area (Å²) >= 11 is 0. The number of aromatic hydroxyl groups is 1. The van der Waals surface area contributed by atoms with Crippen LogP contribution in [0.25, 0.3) is 5.57 Å². The average Bonchev–Trinajstić information content (AvgIpc) is 3.06. The fraction of sp³-hybridized carbons (Fsp3) is 0.405. The van der Waals surface area contributed by atoms with E-state index in [0.717, 1.165) is 47.0 Å². The first-order chi connectivity index (χ1) is 22.8. The first-order valence-electron chi connectivity index (χ1n) is 16.1. The highest BCUT2D eigenvalue weighted by atomic mass is 16.5. The van der Waals surface area contributed by atoms with Gasteiger partial charge in [-0.25, -0.2) is 9.59 Å². The van der Waals surface area contributed by atoms with E-state index in [-0.39, 0.29) is 53.7 Å². The number of hydrogen-bond donors (Lipinski definition) is 2. The lowest BCUT2D eigenvalue weighted by Gasteiger charge is -2.27. The molecule has 0 spiro atoms. The van der Waals surface area contributed by atoms with Crippen LogP contribution < -0.4 is 10.9 Å². The zero-order valence-electron chi connectivity index (χ0n) is 28.6. The molecule has 48 heavy (non-hydrogen) atoms. The molecule has 0 radical (unpaired) electrons. The van der Waals surface area contributed by atoms with Crippen molar-refractivity contribution >= 4 is 29.0 Å². The Morgan fingerprint density at radius 1 is 1.12 bits per heavy atom. The molecule has 1 heterocycles. The van der Waals surface area contributed by atoms with Crippen LogP contribution in [0.15, 0.2) is 70.1 Å². The smallest absolute Gasteiger partial charge is 0.407 e. The van der Waals surface area contributed by atoms with Crippen molar-refractivity contribution in [3.63, 3.8) is 0 Å². The van der Waals surface area contributed by atoms with Crippen LogP contribution in [-0.2, 0) is 21.6 Å². The van der Waals surface area contributed by atoms with Gasteiger partial charge in [-0.3, -0.25) is 9.36 Å². The molecule has 0 aliphatic heterocycles. The average molecular weight is 656 g/mol. The fourth-order valence-corrected chi connectivity index (χ4v) is 5.04. The maximum absolute atomic E-state index is 13.5. The number of nitrogens with one attached hydrogen (secondary N) is 1. The number of aromatic nitrogens is 1. The lowest BCUT2D eigenvalue weighted by Crippen LogP contribution is -2.41. The van der Waals surface area contributed by atoms with Crippen molar-refractivity contribution in [3.8, 4) is 11.9 Å². The number of azo groups is 1. The molecule has 11 nitrogen and oxygen atoms in total. The van der Waals surface area contributed by atoms with Crippen molar-refractivity contribution < 1.29 is 24.2 Å². The third-order valence-corrected chi connectivity index (χ3v) is 8.18. The lowest BCUT2D eigenvalue weighted by atomic mass is 9.92. The van der Waals surface area contributed by atoms with E-state index in [0.29, 0.717) is 0 Å². The Morgan fingerprint density at radius 3 is 2.52 bits per heavy atom. The van der Waals surface area contributed by atoms with Gasteiger partial charge < -0.3 is 19.9 Å². The number of carbonyl (C=O) groups excluding carboxylic acids is 2. The van der Waals surface area contributed by atoms with Crippen molar-refractivity contribution in [1.29, 1.82) is 5.26 Å². The monoisotopic (exact) mass is 655 g/mol. The SMILES string of the molecule is C=C(C)c1cccc(C(C)(C)NC(=O)OCCn2c(O)c(C#N)c(C)c(N=Nc3ccccc3C(=O)OCC(CC)CCCC)c2=O)c1. The molecular formula is C37H45N5O6. The van der Waals surface area contributed by atoms with Gasteiger partial charge in [0, 0.05) is 5.56 Å². The minimum Gasteiger partial charge on any atom is -0.493 e. The van der Waals surface area contributed by atoms with Gasteiger partial charge in [0.1, 0.15) is 23.9 Å². The highest BCUT2D eigenvalue weighted by molar-refractivity contribution is 5.94. The predicted octanol–water partition coefficient (Wildman–Crippen LogP) is 8.22. The van der Waals surface area contributed by atoms with Crippen molar-refractivity contribution in [2.45, 2.75) is 79.3 Å². The quantitative estimate of drug-likeness (QED) is 0.123. The Labute approximate surface area is 281 Å². The summed E-state index contributed by atoms with van der Waals surface area (Å²) in [4.78, 5) is 39.2. The normalized spacial score (nSPS) is 11.9. The van der Waals surface area contributed by atoms with E-state index >= 15 is 0 Å². The second-order valence-electron chi connectivity index (χ2n) is 12.2. The molecular weight excluding hydrogens is 610 g/mol. The van der Waals surface area contributed by atoms with E-state index in [4.69, 9.17) is 9.47 Å². The van der Waals surface area contributed by atoms with E-state index in [2.05, 4.69) is 36.0 Å². The maximum Gasteiger partial charge on any atom is 0.407 e. The van der Waals surface area contributed by atoms with Gasteiger partial charge in [0.2, 0.25) is 5.88 Å². The summed E-state index contributed by atoms with van der Waals surface area (Å²) in [5, 5.41) is 31.6. The van der Waals surface area contributed by atoms with E-state index < -0.39 is 29.0 Å². The molecule has 2 N–H and O–H groups in total. The van der Waals surface area contributed by atoms with Gasteiger partial charge in [-0.2, -0.15) is 5.26 Å². The largest absolute Gasteiger partial charge is 0.493 e. The Hall–Kier alpha value is -5.24. The number of ether oxygens (including phenoxy) is 2. The zero-order valence-corrected chi connectivity index (χ0v) is 28.6. The van der Waals surface area contributed by atoms with Gasteiger partial charge in [0.25, 0.3) is 5.56 Å². The van der Waals surface area contributed by atoms with Crippen LogP contribution in [0, 0.1) is 24.2 Å². The number of unbranched alkanes of at least 4 members (excludes halogenated alkanes) is 1. The molecule has 0 bridgehead atoms. The van der Waals surface area contributed by atoms with Gasteiger partial charge in [-0.15, -0.1) is 10.2 Å². The molecule has 0 aliphatic rings. The van der Waals surface area contributed by atoms with Crippen LogP contribution >= 0.6 is 0 Å². The number of allylic oxidation sites excluding steroid dienone is 1. The number of nitrogens with zero attached hydrogens (tertiary/aromatic N) is 4. The lowest BCUT2D eigenvalue weighted by molar-refractivity contribution is 0.0429.